The van der Waals surface area contributed by atoms with Crippen molar-refractivity contribution < 1.29 is 4.79 Å². The first-order valence-corrected chi connectivity index (χ1v) is 9.34. The van der Waals surface area contributed by atoms with Gasteiger partial charge in [0.2, 0.25) is 0 Å². The topological polar surface area (TPSA) is 30.0 Å². The lowest BCUT2D eigenvalue weighted by Gasteiger charge is -2.15. The summed E-state index contributed by atoms with van der Waals surface area (Å²) in [5.41, 5.74) is 2.23. The normalized spacial score (nSPS) is 10.8. The Balaban J connectivity index is 2.39. The quantitative estimate of drug-likeness (QED) is 0.288. The largest absolute Gasteiger partial charge is 0.298 e. The fourth-order valence-electron chi connectivity index (χ4n) is 2.48. The lowest BCUT2D eigenvalue weighted by atomic mass is 9.95. The predicted octanol–water partition coefficient (Wildman–Crippen LogP) is 8.15. The van der Waals surface area contributed by atoms with Crippen molar-refractivity contribution in [2.75, 3.05) is 0 Å². The molecule has 2 aromatic carbocycles. The molecule has 0 saturated carbocycles. The van der Waals surface area contributed by atoms with E-state index in [1.54, 1.807) is 18.2 Å². The minimum absolute atomic E-state index is 0.290. The van der Waals surface area contributed by atoms with E-state index >= 15 is 0 Å². The van der Waals surface area contributed by atoms with Gasteiger partial charge in [-0.25, -0.2) is 0 Å². The molecule has 1 heterocycles. The number of halogens is 6. The highest BCUT2D eigenvalue weighted by atomic mass is 35.5. The Labute approximate surface area is 179 Å². The summed E-state index contributed by atoms with van der Waals surface area (Å²) in [6.45, 7) is 0. The van der Waals surface area contributed by atoms with E-state index in [0.717, 1.165) is 0 Å². The van der Waals surface area contributed by atoms with Crippen LogP contribution in [-0.4, -0.2) is 11.3 Å². The Kier molecular flexibility index (Phi) is 6.03. The standard InChI is InChI=1S/C18H7Cl6NO/c19-11-5-15(23)13(21)3-9(11)17-8(7-26)1-2-25-18(17)10-4-14(22)16(24)6-12(10)20/h1-7H. The van der Waals surface area contributed by atoms with E-state index in [2.05, 4.69) is 4.98 Å². The van der Waals surface area contributed by atoms with Crippen LogP contribution in [-0.2, 0) is 0 Å². The van der Waals surface area contributed by atoms with Gasteiger partial charge in [0.25, 0.3) is 0 Å². The zero-order valence-corrected chi connectivity index (χ0v) is 17.2. The molecule has 0 aliphatic rings. The van der Waals surface area contributed by atoms with E-state index in [0.29, 0.717) is 59.3 Å². The average Bonchev–Trinajstić information content (AvgIpc) is 2.60. The molecule has 0 fully saturated rings. The van der Waals surface area contributed by atoms with E-state index in [1.807, 2.05) is 0 Å². The van der Waals surface area contributed by atoms with Gasteiger partial charge in [-0.2, -0.15) is 0 Å². The third-order valence-corrected chi connectivity index (χ3v) is 5.72. The van der Waals surface area contributed by atoms with Gasteiger partial charge in [-0.15, -0.1) is 0 Å². The van der Waals surface area contributed by atoms with Crippen LogP contribution in [0.2, 0.25) is 30.1 Å². The molecule has 0 saturated heterocycles. The van der Waals surface area contributed by atoms with Gasteiger partial charge in [-0.3, -0.25) is 9.78 Å². The smallest absolute Gasteiger partial charge is 0.150 e. The first kappa shape index (κ1) is 19.8. The Hall–Kier alpha value is -1.000. The fourth-order valence-corrected chi connectivity index (χ4v) is 3.76. The number of carbonyl (C=O) groups is 1. The number of carbonyl (C=O) groups excluding carboxylic acids is 1. The number of benzene rings is 2. The number of nitrogens with zero attached hydrogens (tertiary/aromatic N) is 1. The van der Waals surface area contributed by atoms with E-state index < -0.39 is 0 Å². The number of rotatable bonds is 3. The van der Waals surface area contributed by atoms with Crippen molar-refractivity contribution in [1.29, 1.82) is 0 Å². The summed E-state index contributed by atoms with van der Waals surface area (Å²) >= 11 is 37.0. The van der Waals surface area contributed by atoms with Crippen LogP contribution in [0.5, 0.6) is 0 Å². The molecule has 0 aliphatic heterocycles. The van der Waals surface area contributed by atoms with Gasteiger partial charge in [-0.05, 0) is 30.3 Å². The summed E-state index contributed by atoms with van der Waals surface area (Å²) in [6, 6.07) is 7.73. The van der Waals surface area contributed by atoms with Crippen LogP contribution in [0.1, 0.15) is 10.4 Å². The Bertz CT molecular complexity index is 1030. The van der Waals surface area contributed by atoms with E-state index in [-0.39, 0.29) is 5.02 Å². The molecular formula is C18H7Cl6NO. The number of hydrogen-bond donors (Lipinski definition) is 0. The zero-order valence-electron chi connectivity index (χ0n) is 12.7. The summed E-state index contributed by atoms with van der Waals surface area (Å²) in [6.07, 6.45) is 2.19. The zero-order chi connectivity index (χ0) is 19.0. The molecule has 3 aromatic rings. The van der Waals surface area contributed by atoms with Crippen molar-refractivity contribution in [2.24, 2.45) is 0 Å². The van der Waals surface area contributed by atoms with Crippen molar-refractivity contribution in [3.05, 3.63) is 72.2 Å². The molecule has 0 spiro atoms. The molecular weight excluding hydrogens is 459 g/mol. The second kappa shape index (κ2) is 7.93. The van der Waals surface area contributed by atoms with E-state index in [4.69, 9.17) is 69.6 Å². The lowest BCUT2D eigenvalue weighted by molar-refractivity contribution is 0.112. The summed E-state index contributed by atoms with van der Waals surface area (Å²) in [4.78, 5) is 16.0. The highest BCUT2D eigenvalue weighted by Gasteiger charge is 2.20. The van der Waals surface area contributed by atoms with Crippen molar-refractivity contribution in [3.63, 3.8) is 0 Å². The molecule has 1 aromatic heterocycles. The van der Waals surface area contributed by atoms with Crippen LogP contribution < -0.4 is 0 Å². The Morgan fingerprint density at radius 1 is 0.692 bits per heavy atom. The average molecular weight is 466 g/mol. The summed E-state index contributed by atoms with van der Waals surface area (Å²) < 4.78 is 0. The molecule has 8 heteroatoms. The van der Waals surface area contributed by atoms with Gasteiger partial charge in [-0.1, -0.05) is 69.6 Å². The third kappa shape index (κ3) is 3.68. The Morgan fingerprint density at radius 2 is 1.19 bits per heavy atom. The maximum atomic E-state index is 11.6. The first-order valence-electron chi connectivity index (χ1n) is 7.07. The first-order chi connectivity index (χ1) is 12.3. The van der Waals surface area contributed by atoms with Gasteiger partial charge < -0.3 is 0 Å². The van der Waals surface area contributed by atoms with Crippen molar-refractivity contribution in [1.82, 2.24) is 4.98 Å². The van der Waals surface area contributed by atoms with Gasteiger partial charge in [0.05, 0.1) is 35.8 Å². The Morgan fingerprint density at radius 3 is 1.77 bits per heavy atom. The molecule has 0 bridgehead atoms. The van der Waals surface area contributed by atoms with Gasteiger partial charge in [0, 0.05) is 28.5 Å². The van der Waals surface area contributed by atoms with Gasteiger partial charge in [0.15, 0.2) is 6.29 Å². The summed E-state index contributed by atoms with van der Waals surface area (Å²) in [5.74, 6) is 0. The molecule has 0 radical (unpaired) electrons. The molecule has 0 aliphatic carbocycles. The molecule has 3 rings (SSSR count). The predicted molar refractivity (Wildman–Crippen MR) is 111 cm³/mol. The van der Waals surface area contributed by atoms with Crippen LogP contribution in [0.4, 0.5) is 0 Å². The molecule has 132 valence electrons. The van der Waals surface area contributed by atoms with Crippen LogP contribution in [0.3, 0.4) is 0 Å². The molecule has 0 N–H and O–H groups in total. The lowest BCUT2D eigenvalue weighted by Crippen LogP contribution is -1.97. The highest BCUT2D eigenvalue weighted by Crippen LogP contribution is 2.43. The van der Waals surface area contributed by atoms with E-state index in [9.17, 15) is 4.79 Å². The second-order valence-corrected chi connectivity index (χ2v) is 7.68. The summed E-state index contributed by atoms with van der Waals surface area (Å²) in [7, 11) is 0. The number of pyridine rings is 1. The molecule has 0 amide bonds. The van der Waals surface area contributed by atoms with Crippen LogP contribution in [0.25, 0.3) is 22.4 Å². The number of aromatic nitrogens is 1. The molecule has 0 atom stereocenters. The highest BCUT2D eigenvalue weighted by molar-refractivity contribution is 6.45. The van der Waals surface area contributed by atoms with Gasteiger partial charge >= 0.3 is 0 Å². The minimum atomic E-state index is 0.290. The monoisotopic (exact) mass is 463 g/mol. The molecule has 26 heavy (non-hydrogen) atoms. The molecule has 2 nitrogen and oxygen atoms in total. The summed E-state index contributed by atoms with van der Waals surface area (Å²) in [5, 5.41) is 1.83. The fraction of sp³-hybridized carbons (Fsp3) is 0. The number of aldehydes is 1. The van der Waals surface area contributed by atoms with Crippen molar-refractivity contribution in [2.45, 2.75) is 0 Å². The van der Waals surface area contributed by atoms with Crippen LogP contribution in [0.15, 0.2) is 36.5 Å². The van der Waals surface area contributed by atoms with Crippen LogP contribution >= 0.6 is 69.6 Å². The SMILES string of the molecule is O=Cc1ccnc(-c2cc(Cl)c(Cl)cc2Cl)c1-c1cc(Cl)c(Cl)cc1Cl. The minimum Gasteiger partial charge on any atom is -0.298 e. The number of hydrogen-bond acceptors (Lipinski definition) is 2. The van der Waals surface area contributed by atoms with E-state index in [1.165, 1.54) is 18.3 Å². The maximum Gasteiger partial charge on any atom is 0.150 e. The van der Waals surface area contributed by atoms with Crippen molar-refractivity contribution in [3.8, 4) is 22.4 Å². The third-order valence-electron chi connectivity index (χ3n) is 3.65. The van der Waals surface area contributed by atoms with Crippen molar-refractivity contribution >= 4 is 75.9 Å². The van der Waals surface area contributed by atoms with Crippen LogP contribution in [0, 0.1) is 0 Å². The van der Waals surface area contributed by atoms with Gasteiger partial charge in [0.1, 0.15) is 0 Å². The second-order valence-electron chi connectivity index (χ2n) is 5.23. The maximum absolute atomic E-state index is 11.6. The molecule has 0 unspecified atom stereocenters.